The molecular formula is C18H22N2O3. The molecule has 23 heavy (non-hydrogen) atoms. The first-order valence-electron chi connectivity index (χ1n) is 7.58. The Labute approximate surface area is 136 Å². The molecular weight excluding hydrogens is 292 g/mol. The van der Waals surface area contributed by atoms with Crippen LogP contribution < -0.4 is 5.32 Å². The number of hydrogen-bond donors (Lipinski definition) is 1. The van der Waals surface area contributed by atoms with Gasteiger partial charge in [-0.2, -0.15) is 0 Å². The summed E-state index contributed by atoms with van der Waals surface area (Å²) in [7, 11) is 1.75. The number of anilines is 1. The van der Waals surface area contributed by atoms with Gasteiger partial charge in [0.05, 0.1) is 0 Å². The van der Waals surface area contributed by atoms with Gasteiger partial charge in [0.2, 0.25) is 0 Å². The van der Waals surface area contributed by atoms with Crippen LogP contribution in [-0.4, -0.2) is 23.1 Å². The maximum atomic E-state index is 12.1. The maximum absolute atomic E-state index is 12.1. The van der Waals surface area contributed by atoms with Gasteiger partial charge in [0.15, 0.2) is 6.61 Å². The molecule has 0 bridgehead atoms. The zero-order valence-electron chi connectivity index (χ0n) is 13.9. The molecule has 0 aliphatic rings. The van der Waals surface area contributed by atoms with E-state index in [2.05, 4.69) is 19.2 Å². The van der Waals surface area contributed by atoms with E-state index in [1.165, 1.54) is 0 Å². The number of esters is 1. The standard InChI is InChI=1S/C18H22N2O3/c1-12(2)14-8-5-7-13(3)17(14)19-16(21)11-23-18(22)15-9-6-10-20(15)4/h5-10,12H,11H2,1-4H3,(H,19,21). The summed E-state index contributed by atoms with van der Waals surface area (Å²) in [6, 6.07) is 9.30. The van der Waals surface area contributed by atoms with Crippen molar-refractivity contribution in [2.75, 3.05) is 11.9 Å². The van der Waals surface area contributed by atoms with Gasteiger partial charge < -0.3 is 14.6 Å². The molecule has 0 aliphatic carbocycles. The molecule has 1 aromatic heterocycles. The first-order valence-corrected chi connectivity index (χ1v) is 7.58. The third-order valence-corrected chi connectivity index (χ3v) is 3.68. The van der Waals surface area contributed by atoms with Crippen LogP contribution in [0.25, 0.3) is 0 Å². The molecule has 1 amide bonds. The normalized spacial score (nSPS) is 10.7. The van der Waals surface area contributed by atoms with Crippen LogP contribution in [0.15, 0.2) is 36.5 Å². The Kier molecular flexibility index (Phi) is 5.21. The highest BCUT2D eigenvalue weighted by Crippen LogP contribution is 2.27. The van der Waals surface area contributed by atoms with E-state index in [1.54, 1.807) is 29.9 Å². The molecule has 0 saturated carbocycles. The number of ether oxygens (including phenoxy) is 1. The van der Waals surface area contributed by atoms with Gasteiger partial charge in [-0.3, -0.25) is 4.79 Å². The number of carbonyl (C=O) groups excluding carboxylic acids is 2. The van der Waals surface area contributed by atoms with Crippen LogP contribution in [0.4, 0.5) is 5.69 Å². The number of aryl methyl sites for hydroxylation is 2. The van der Waals surface area contributed by atoms with Crippen molar-refractivity contribution in [3.05, 3.63) is 53.3 Å². The van der Waals surface area contributed by atoms with Gasteiger partial charge in [0, 0.05) is 18.9 Å². The van der Waals surface area contributed by atoms with Crippen LogP contribution in [0.1, 0.15) is 41.4 Å². The van der Waals surface area contributed by atoms with Gasteiger partial charge in [-0.05, 0) is 36.1 Å². The predicted molar refractivity (Wildman–Crippen MR) is 89.6 cm³/mol. The lowest BCUT2D eigenvalue weighted by atomic mass is 9.98. The van der Waals surface area contributed by atoms with E-state index in [-0.39, 0.29) is 18.4 Å². The van der Waals surface area contributed by atoms with Crippen molar-refractivity contribution in [2.24, 2.45) is 7.05 Å². The van der Waals surface area contributed by atoms with E-state index in [0.29, 0.717) is 5.69 Å². The van der Waals surface area contributed by atoms with Crippen molar-refractivity contribution in [3.8, 4) is 0 Å². The Morgan fingerprint density at radius 2 is 1.96 bits per heavy atom. The molecule has 0 atom stereocenters. The highest BCUT2D eigenvalue weighted by atomic mass is 16.5. The second kappa shape index (κ2) is 7.13. The summed E-state index contributed by atoms with van der Waals surface area (Å²) in [4.78, 5) is 24.0. The van der Waals surface area contributed by atoms with Gasteiger partial charge in [-0.1, -0.05) is 32.0 Å². The monoisotopic (exact) mass is 314 g/mol. The van der Waals surface area contributed by atoms with E-state index < -0.39 is 5.97 Å². The predicted octanol–water partition coefficient (Wildman–Crippen LogP) is 3.25. The number of nitrogens with zero attached hydrogens (tertiary/aromatic N) is 1. The smallest absolute Gasteiger partial charge is 0.355 e. The second-order valence-corrected chi connectivity index (χ2v) is 5.82. The zero-order valence-corrected chi connectivity index (χ0v) is 13.9. The number of aromatic nitrogens is 1. The minimum atomic E-state index is -0.512. The summed E-state index contributed by atoms with van der Waals surface area (Å²) in [6.07, 6.45) is 1.75. The molecule has 1 aromatic carbocycles. The molecule has 0 saturated heterocycles. The van der Waals surface area contributed by atoms with Crippen molar-refractivity contribution >= 4 is 17.6 Å². The number of carbonyl (C=O) groups is 2. The molecule has 122 valence electrons. The largest absolute Gasteiger partial charge is 0.451 e. The first-order chi connectivity index (χ1) is 10.9. The minimum Gasteiger partial charge on any atom is -0.451 e. The lowest BCUT2D eigenvalue weighted by Gasteiger charge is -2.16. The van der Waals surface area contributed by atoms with Crippen molar-refractivity contribution in [3.63, 3.8) is 0 Å². The number of para-hydroxylation sites is 1. The molecule has 0 spiro atoms. The summed E-state index contributed by atoms with van der Waals surface area (Å²) in [5.41, 5.74) is 3.25. The molecule has 1 heterocycles. The highest BCUT2D eigenvalue weighted by molar-refractivity contribution is 5.96. The molecule has 0 fully saturated rings. The molecule has 0 aliphatic heterocycles. The van der Waals surface area contributed by atoms with E-state index in [0.717, 1.165) is 16.8 Å². The number of rotatable bonds is 5. The third-order valence-electron chi connectivity index (χ3n) is 3.68. The van der Waals surface area contributed by atoms with Crippen molar-refractivity contribution in [1.29, 1.82) is 0 Å². The molecule has 5 nitrogen and oxygen atoms in total. The quantitative estimate of drug-likeness (QED) is 0.862. The average molecular weight is 314 g/mol. The lowest BCUT2D eigenvalue weighted by molar-refractivity contribution is -0.119. The summed E-state index contributed by atoms with van der Waals surface area (Å²) in [5.74, 6) is -0.568. The van der Waals surface area contributed by atoms with Crippen LogP contribution in [0.5, 0.6) is 0 Å². The molecule has 2 rings (SSSR count). The summed E-state index contributed by atoms with van der Waals surface area (Å²) >= 11 is 0. The van der Waals surface area contributed by atoms with Crippen molar-refractivity contribution in [1.82, 2.24) is 4.57 Å². The number of nitrogens with one attached hydrogen (secondary N) is 1. The number of hydrogen-bond acceptors (Lipinski definition) is 3. The van der Waals surface area contributed by atoms with Crippen LogP contribution in [-0.2, 0) is 16.6 Å². The van der Waals surface area contributed by atoms with Gasteiger partial charge >= 0.3 is 5.97 Å². The maximum Gasteiger partial charge on any atom is 0.355 e. The zero-order chi connectivity index (χ0) is 17.0. The molecule has 2 aromatic rings. The van der Waals surface area contributed by atoms with Crippen LogP contribution in [0.2, 0.25) is 0 Å². The Bertz CT molecular complexity index is 717. The van der Waals surface area contributed by atoms with E-state index >= 15 is 0 Å². The van der Waals surface area contributed by atoms with Crippen LogP contribution in [0, 0.1) is 6.92 Å². The molecule has 0 unspecified atom stereocenters. The van der Waals surface area contributed by atoms with Crippen LogP contribution in [0.3, 0.4) is 0 Å². The highest BCUT2D eigenvalue weighted by Gasteiger charge is 2.15. The van der Waals surface area contributed by atoms with Gasteiger partial charge in [-0.25, -0.2) is 4.79 Å². The Hall–Kier alpha value is -2.56. The number of benzene rings is 1. The topological polar surface area (TPSA) is 60.3 Å². The van der Waals surface area contributed by atoms with Crippen molar-refractivity contribution in [2.45, 2.75) is 26.7 Å². The Morgan fingerprint density at radius 1 is 1.22 bits per heavy atom. The molecule has 5 heteroatoms. The van der Waals surface area contributed by atoms with Gasteiger partial charge in [-0.15, -0.1) is 0 Å². The van der Waals surface area contributed by atoms with E-state index in [1.807, 2.05) is 25.1 Å². The summed E-state index contributed by atoms with van der Waals surface area (Å²) in [6.45, 7) is 5.77. The Morgan fingerprint density at radius 3 is 2.57 bits per heavy atom. The van der Waals surface area contributed by atoms with E-state index in [4.69, 9.17) is 4.74 Å². The first kappa shape index (κ1) is 16.8. The van der Waals surface area contributed by atoms with Gasteiger partial charge in [0.1, 0.15) is 5.69 Å². The van der Waals surface area contributed by atoms with Crippen LogP contribution >= 0.6 is 0 Å². The van der Waals surface area contributed by atoms with Crippen molar-refractivity contribution < 1.29 is 14.3 Å². The summed E-state index contributed by atoms with van der Waals surface area (Å²) in [5, 5.41) is 2.85. The third kappa shape index (κ3) is 4.00. The fourth-order valence-electron chi connectivity index (χ4n) is 2.40. The number of amides is 1. The Balaban J connectivity index is 2.01. The lowest BCUT2D eigenvalue weighted by Crippen LogP contribution is -2.23. The SMILES string of the molecule is Cc1cccc(C(C)C)c1NC(=O)COC(=O)c1cccn1C. The van der Waals surface area contributed by atoms with E-state index in [9.17, 15) is 9.59 Å². The average Bonchev–Trinajstić information content (AvgIpc) is 2.93. The summed E-state index contributed by atoms with van der Waals surface area (Å²) < 4.78 is 6.72. The fraction of sp³-hybridized carbons (Fsp3) is 0.333. The minimum absolute atomic E-state index is 0.288. The van der Waals surface area contributed by atoms with Gasteiger partial charge in [0.25, 0.3) is 5.91 Å². The second-order valence-electron chi connectivity index (χ2n) is 5.82. The molecule has 0 radical (unpaired) electrons. The fourth-order valence-corrected chi connectivity index (χ4v) is 2.40. The molecule has 1 N–H and O–H groups in total.